The van der Waals surface area contributed by atoms with E-state index in [1.807, 2.05) is 18.2 Å². The van der Waals surface area contributed by atoms with Crippen molar-refractivity contribution >= 4 is 0 Å². The topological polar surface area (TPSA) is 27.0 Å². The van der Waals surface area contributed by atoms with Gasteiger partial charge in [0.1, 0.15) is 0 Å². The number of nitrogens with zero attached hydrogens (tertiary/aromatic N) is 2. The fraction of sp³-hybridized carbons (Fsp3) is 0.588. The molecule has 102 valence electrons. The standard InChI is InChI=1S/C17H24N2/c1-14(2)12-19(17-8-3-4-9-17)13-16-7-5-6-15(10-16)11-18/h5-7,10,14,17H,3-4,8-9,12-13H2,1-2H3. The van der Waals surface area contributed by atoms with Crippen LogP contribution in [0.25, 0.3) is 0 Å². The van der Waals surface area contributed by atoms with E-state index in [1.54, 1.807) is 0 Å². The average Bonchev–Trinajstić information content (AvgIpc) is 2.91. The molecule has 19 heavy (non-hydrogen) atoms. The summed E-state index contributed by atoms with van der Waals surface area (Å²) >= 11 is 0. The van der Waals surface area contributed by atoms with E-state index in [9.17, 15) is 0 Å². The number of hydrogen-bond acceptors (Lipinski definition) is 2. The van der Waals surface area contributed by atoms with Crippen LogP contribution in [0.3, 0.4) is 0 Å². The first-order chi connectivity index (χ1) is 9.19. The maximum absolute atomic E-state index is 8.99. The summed E-state index contributed by atoms with van der Waals surface area (Å²) in [6.45, 7) is 6.71. The van der Waals surface area contributed by atoms with Crippen molar-refractivity contribution < 1.29 is 0 Å². The minimum atomic E-state index is 0.694. The molecule has 0 radical (unpaired) electrons. The van der Waals surface area contributed by atoms with Crippen LogP contribution in [0.15, 0.2) is 24.3 Å². The summed E-state index contributed by atoms with van der Waals surface area (Å²) < 4.78 is 0. The van der Waals surface area contributed by atoms with Crippen LogP contribution in [-0.2, 0) is 6.54 Å². The van der Waals surface area contributed by atoms with Gasteiger partial charge in [-0.2, -0.15) is 5.26 Å². The molecule has 0 aliphatic heterocycles. The molecule has 2 nitrogen and oxygen atoms in total. The summed E-state index contributed by atoms with van der Waals surface area (Å²) in [5.74, 6) is 0.694. The van der Waals surface area contributed by atoms with Gasteiger partial charge in [0.05, 0.1) is 11.6 Å². The van der Waals surface area contributed by atoms with Gasteiger partial charge in [0.15, 0.2) is 0 Å². The van der Waals surface area contributed by atoms with Gasteiger partial charge in [-0.25, -0.2) is 0 Å². The second kappa shape index (κ2) is 6.73. The molecule has 2 rings (SSSR count). The van der Waals surface area contributed by atoms with Gasteiger partial charge in [-0.05, 0) is 36.5 Å². The molecule has 1 aromatic rings. The number of hydrogen-bond donors (Lipinski definition) is 0. The molecule has 1 saturated carbocycles. The molecule has 2 heteroatoms. The second-order valence-electron chi connectivity index (χ2n) is 6.07. The van der Waals surface area contributed by atoms with Crippen LogP contribution in [0.4, 0.5) is 0 Å². The molecule has 0 amide bonds. The molecular weight excluding hydrogens is 232 g/mol. The van der Waals surface area contributed by atoms with E-state index < -0.39 is 0 Å². The molecule has 0 saturated heterocycles. The van der Waals surface area contributed by atoms with E-state index in [-0.39, 0.29) is 0 Å². The fourth-order valence-corrected chi connectivity index (χ4v) is 3.05. The predicted octanol–water partition coefficient (Wildman–Crippen LogP) is 3.96. The van der Waals surface area contributed by atoms with Crippen LogP contribution in [-0.4, -0.2) is 17.5 Å². The van der Waals surface area contributed by atoms with Crippen LogP contribution in [0.1, 0.15) is 50.7 Å². The second-order valence-corrected chi connectivity index (χ2v) is 6.07. The van der Waals surface area contributed by atoms with Gasteiger partial charge in [0, 0.05) is 19.1 Å². The molecule has 1 fully saturated rings. The van der Waals surface area contributed by atoms with Crippen molar-refractivity contribution in [1.29, 1.82) is 5.26 Å². The van der Waals surface area contributed by atoms with Crippen molar-refractivity contribution in [2.24, 2.45) is 5.92 Å². The van der Waals surface area contributed by atoms with Crippen LogP contribution >= 0.6 is 0 Å². The highest BCUT2D eigenvalue weighted by molar-refractivity contribution is 5.32. The van der Waals surface area contributed by atoms with Gasteiger partial charge in [-0.1, -0.05) is 38.8 Å². The Kier molecular flexibility index (Phi) is 4.99. The first kappa shape index (κ1) is 14.1. The van der Waals surface area contributed by atoms with Crippen molar-refractivity contribution in [3.8, 4) is 6.07 Å². The minimum Gasteiger partial charge on any atom is -0.296 e. The molecule has 0 unspecified atom stereocenters. The van der Waals surface area contributed by atoms with Crippen molar-refractivity contribution in [3.05, 3.63) is 35.4 Å². The fourth-order valence-electron chi connectivity index (χ4n) is 3.05. The number of benzene rings is 1. The van der Waals surface area contributed by atoms with E-state index in [1.165, 1.54) is 31.2 Å². The number of nitriles is 1. The molecule has 1 aliphatic rings. The Morgan fingerprint density at radius 2 is 2.05 bits per heavy atom. The third-order valence-corrected chi connectivity index (χ3v) is 3.88. The molecule has 0 atom stereocenters. The van der Waals surface area contributed by atoms with Gasteiger partial charge in [-0.15, -0.1) is 0 Å². The summed E-state index contributed by atoms with van der Waals surface area (Å²) in [5, 5.41) is 8.99. The molecule has 0 heterocycles. The number of rotatable bonds is 5. The summed E-state index contributed by atoms with van der Waals surface area (Å²) in [4.78, 5) is 2.62. The normalized spacial score (nSPS) is 16.2. The van der Waals surface area contributed by atoms with Crippen LogP contribution in [0.2, 0.25) is 0 Å². The SMILES string of the molecule is CC(C)CN(Cc1cccc(C#N)c1)C1CCCC1. The highest BCUT2D eigenvalue weighted by Crippen LogP contribution is 2.25. The maximum Gasteiger partial charge on any atom is 0.0991 e. The van der Waals surface area contributed by atoms with Gasteiger partial charge >= 0.3 is 0 Å². The predicted molar refractivity (Wildman–Crippen MR) is 78.7 cm³/mol. The smallest absolute Gasteiger partial charge is 0.0991 e. The van der Waals surface area contributed by atoms with E-state index in [0.29, 0.717) is 5.92 Å². The summed E-state index contributed by atoms with van der Waals surface area (Å²) in [6, 6.07) is 11.0. The third kappa shape index (κ3) is 4.08. The lowest BCUT2D eigenvalue weighted by molar-refractivity contribution is 0.168. The zero-order valence-corrected chi connectivity index (χ0v) is 12.1. The lowest BCUT2D eigenvalue weighted by Gasteiger charge is -2.30. The monoisotopic (exact) mass is 256 g/mol. The highest BCUT2D eigenvalue weighted by Gasteiger charge is 2.23. The third-order valence-electron chi connectivity index (χ3n) is 3.88. The zero-order chi connectivity index (χ0) is 13.7. The summed E-state index contributed by atoms with van der Waals surface area (Å²) in [6.07, 6.45) is 5.42. The first-order valence-corrected chi connectivity index (χ1v) is 7.42. The summed E-state index contributed by atoms with van der Waals surface area (Å²) in [5.41, 5.74) is 2.04. The molecule has 0 spiro atoms. The maximum atomic E-state index is 8.99. The van der Waals surface area contributed by atoms with E-state index >= 15 is 0 Å². The Balaban J connectivity index is 2.07. The Morgan fingerprint density at radius 3 is 2.68 bits per heavy atom. The van der Waals surface area contributed by atoms with Crippen LogP contribution < -0.4 is 0 Å². The Hall–Kier alpha value is -1.33. The molecular formula is C17H24N2. The van der Waals surface area contributed by atoms with Gasteiger partial charge in [0.25, 0.3) is 0 Å². The largest absolute Gasteiger partial charge is 0.296 e. The molecule has 0 aromatic heterocycles. The summed E-state index contributed by atoms with van der Waals surface area (Å²) in [7, 11) is 0. The molecule has 1 aliphatic carbocycles. The Morgan fingerprint density at radius 1 is 1.32 bits per heavy atom. The van der Waals surface area contributed by atoms with Crippen molar-refractivity contribution in [2.75, 3.05) is 6.54 Å². The van der Waals surface area contributed by atoms with Gasteiger partial charge in [-0.3, -0.25) is 4.90 Å². The van der Waals surface area contributed by atoms with E-state index in [4.69, 9.17) is 5.26 Å². The van der Waals surface area contributed by atoms with Gasteiger partial charge in [0.2, 0.25) is 0 Å². The Labute approximate surface area is 117 Å². The minimum absolute atomic E-state index is 0.694. The highest BCUT2D eigenvalue weighted by atomic mass is 15.2. The molecule has 0 bridgehead atoms. The van der Waals surface area contributed by atoms with Gasteiger partial charge < -0.3 is 0 Å². The van der Waals surface area contributed by atoms with Crippen molar-refractivity contribution in [1.82, 2.24) is 4.90 Å². The van der Waals surface area contributed by atoms with E-state index in [2.05, 4.69) is 30.9 Å². The lowest BCUT2D eigenvalue weighted by atomic mass is 10.1. The van der Waals surface area contributed by atoms with Crippen LogP contribution in [0, 0.1) is 17.2 Å². The van der Waals surface area contributed by atoms with Crippen LogP contribution in [0.5, 0.6) is 0 Å². The Bertz CT molecular complexity index is 439. The lowest BCUT2D eigenvalue weighted by Crippen LogP contribution is -2.35. The molecule has 0 N–H and O–H groups in total. The van der Waals surface area contributed by atoms with Crippen molar-refractivity contribution in [2.45, 2.75) is 52.1 Å². The zero-order valence-electron chi connectivity index (χ0n) is 12.1. The first-order valence-electron chi connectivity index (χ1n) is 7.42. The average molecular weight is 256 g/mol. The molecule has 1 aromatic carbocycles. The van der Waals surface area contributed by atoms with Crippen molar-refractivity contribution in [3.63, 3.8) is 0 Å². The quantitative estimate of drug-likeness (QED) is 0.797. The van der Waals surface area contributed by atoms with E-state index in [0.717, 1.165) is 24.7 Å².